The summed E-state index contributed by atoms with van der Waals surface area (Å²) in [4.78, 5) is 34.7. The Hall–Kier alpha value is -3.64. The molecule has 4 rings (SSSR count). The van der Waals surface area contributed by atoms with Crippen LogP contribution in [-0.2, 0) is 0 Å². The van der Waals surface area contributed by atoms with Gasteiger partial charge in [-0.15, -0.1) is 11.3 Å². The Labute approximate surface area is 184 Å². The Morgan fingerprint density at radius 2 is 1.61 bits per heavy atom. The van der Waals surface area contributed by atoms with E-state index < -0.39 is 0 Å². The van der Waals surface area contributed by atoms with Crippen molar-refractivity contribution in [1.82, 2.24) is 15.3 Å². The molecule has 0 saturated heterocycles. The van der Waals surface area contributed by atoms with Crippen LogP contribution in [0.5, 0.6) is 0 Å². The van der Waals surface area contributed by atoms with Gasteiger partial charge in [0.15, 0.2) is 5.78 Å². The van der Waals surface area contributed by atoms with E-state index in [0.717, 1.165) is 21.8 Å². The van der Waals surface area contributed by atoms with Gasteiger partial charge in [-0.3, -0.25) is 14.6 Å². The van der Waals surface area contributed by atoms with Crippen molar-refractivity contribution in [3.63, 3.8) is 0 Å². The van der Waals surface area contributed by atoms with E-state index in [0.29, 0.717) is 16.7 Å². The van der Waals surface area contributed by atoms with Gasteiger partial charge in [-0.1, -0.05) is 48.0 Å². The third kappa shape index (κ3) is 4.59. The molecule has 2 heterocycles. The van der Waals surface area contributed by atoms with Gasteiger partial charge in [0.1, 0.15) is 5.01 Å². The number of carbonyl (C=O) groups excluding carboxylic acids is 2. The molecule has 0 aliphatic heterocycles. The van der Waals surface area contributed by atoms with Gasteiger partial charge in [0.2, 0.25) is 0 Å². The molecule has 6 heteroatoms. The molecule has 2 aromatic carbocycles. The van der Waals surface area contributed by atoms with Crippen molar-refractivity contribution in [3.05, 3.63) is 106 Å². The number of aromatic nitrogens is 2. The Bertz CT molecular complexity index is 1220. The van der Waals surface area contributed by atoms with Gasteiger partial charge in [-0.25, -0.2) is 4.98 Å². The van der Waals surface area contributed by atoms with Crippen LogP contribution in [0.4, 0.5) is 0 Å². The molecule has 0 saturated carbocycles. The fraction of sp³-hybridized carbons (Fsp3) is 0.120. The summed E-state index contributed by atoms with van der Waals surface area (Å²) < 4.78 is 0. The van der Waals surface area contributed by atoms with Crippen molar-refractivity contribution in [2.75, 3.05) is 0 Å². The minimum Gasteiger partial charge on any atom is -0.343 e. The highest BCUT2D eigenvalue weighted by Crippen LogP contribution is 2.25. The lowest BCUT2D eigenvalue weighted by Gasteiger charge is -2.14. The minimum atomic E-state index is -0.302. The first-order valence-corrected chi connectivity index (χ1v) is 10.8. The Kier molecular flexibility index (Phi) is 6.00. The second kappa shape index (κ2) is 9.02. The molecule has 1 N–H and O–H groups in total. The van der Waals surface area contributed by atoms with E-state index in [1.807, 2.05) is 43.5 Å². The predicted molar refractivity (Wildman–Crippen MR) is 122 cm³/mol. The third-order valence-corrected chi connectivity index (χ3v) is 5.97. The van der Waals surface area contributed by atoms with Crippen LogP contribution in [0.2, 0.25) is 0 Å². The van der Waals surface area contributed by atoms with Gasteiger partial charge in [-0.05, 0) is 32.0 Å². The highest BCUT2D eigenvalue weighted by Gasteiger charge is 2.21. The molecule has 1 unspecified atom stereocenters. The largest absolute Gasteiger partial charge is 0.343 e. The summed E-state index contributed by atoms with van der Waals surface area (Å²) >= 11 is 1.49. The van der Waals surface area contributed by atoms with Gasteiger partial charge >= 0.3 is 0 Å². The standard InChI is InChI=1S/C25H21N3O2S/c1-16-7-9-19(10-8-16)23(29)20-5-3-4-6-21(20)24(30)27-17(2)25-28-22(15-31-25)18-11-13-26-14-12-18/h3-15,17H,1-2H3,(H,27,30). The number of carbonyl (C=O) groups is 2. The molecule has 0 aliphatic carbocycles. The Morgan fingerprint density at radius 1 is 0.935 bits per heavy atom. The molecule has 4 aromatic rings. The maximum atomic E-state index is 13.0. The van der Waals surface area contributed by atoms with Crippen molar-refractivity contribution < 1.29 is 9.59 Å². The quantitative estimate of drug-likeness (QED) is 0.427. The summed E-state index contributed by atoms with van der Waals surface area (Å²) in [6, 6.07) is 17.7. The maximum Gasteiger partial charge on any atom is 0.252 e. The maximum absolute atomic E-state index is 13.0. The lowest BCUT2D eigenvalue weighted by molar-refractivity contribution is 0.0929. The molecule has 5 nitrogen and oxygen atoms in total. The molecule has 0 fully saturated rings. The molecule has 31 heavy (non-hydrogen) atoms. The number of rotatable bonds is 6. The van der Waals surface area contributed by atoms with Gasteiger partial charge in [0, 0.05) is 34.5 Å². The van der Waals surface area contributed by atoms with Crippen molar-refractivity contribution in [1.29, 1.82) is 0 Å². The van der Waals surface area contributed by atoms with Crippen LogP contribution in [0.25, 0.3) is 11.3 Å². The molecule has 0 bridgehead atoms. The molecule has 2 aromatic heterocycles. The summed E-state index contributed by atoms with van der Waals surface area (Å²) in [5.41, 5.74) is 4.19. The van der Waals surface area contributed by atoms with E-state index >= 15 is 0 Å². The number of ketones is 1. The Balaban J connectivity index is 1.53. The summed E-state index contributed by atoms with van der Waals surface area (Å²) in [5.74, 6) is -0.475. The SMILES string of the molecule is Cc1ccc(C(=O)c2ccccc2C(=O)NC(C)c2nc(-c3ccncc3)cs2)cc1. The molecule has 0 radical (unpaired) electrons. The first-order chi connectivity index (χ1) is 15.0. The van der Waals surface area contributed by atoms with Gasteiger partial charge in [-0.2, -0.15) is 0 Å². The number of pyridine rings is 1. The molecular formula is C25H21N3O2S. The first-order valence-electron chi connectivity index (χ1n) is 9.90. The van der Waals surface area contributed by atoms with Crippen LogP contribution in [0.3, 0.4) is 0 Å². The van der Waals surface area contributed by atoms with Crippen LogP contribution >= 0.6 is 11.3 Å². The summed E-state index contributed by atoms with van der Waals surface area (Å²) in [5, 5.41) is 5.73. The lowest BCUT2D eigenvalue weighted by Crippen LogP contribution is -2.28. The topological polar surface area (TPSA) is 72.0 Å². The van der Waals surface area contributed by atoms with E-state index in [1.54, 1.807) is 48.8 Å². The fourth-order valence-electron chi connectivity index (χ4n) is 3.22. The van der Waals surface area contributed by atoms with E-state index in [9.17, 15) is 9.59 Å². The van der Waals surface area contributed by atoms with Crippen LogP contribution in [-0.4, -0.2) is 21.7 Å². The molecule has 0 aliphatic rings. The normalized spacial score (nSPS) is 11.7. The first kappa shape index (κ1) is 20.6. The van der Waals surface area contributed by atoms with E-state index in [4.69, 9.17) is 0 Å². The monoisotopic (exact) mass is 427 g/mol. The number of amides is 1. The zero-order valence-electron chi connectivity index (χ0n) is 17.2. The van der Waals surface area contributed by atoms with Crippen molar-refractivity contribution in [3.8, 4) is 11.3 Å². The average Bonchev–Trinajstić information content (AvgIpc) is 3.30. The zero-order chi connectivity index (χ0) is 21.8. The number of benzene rings is 2. The Morgan fingerprint density at radius 3 is 2.32 bits per heavy atom. The lowest BCUT2D eigenvalue weighted by atomic mass is 9.97. The molecule has 154 valence electrons. The van der Waals surface area contributed by atoms with E-state index in [1.165, 1.54) is 11.3 Å². The van der Waals surface area contributed by atoms with E-state index in [-0.39, 0.29) is 17.7 Å². The van der Waals surface area contributed by atoms with Crippen molar-refractivity contribution >= 4 is 23.0 Å². The number of nitrogens with zero attached hydrogens (tertiary/aromatic N) is 2. The van der Waals surface area contributed by atoms with Crippen molar-refractivity contribution in [2.45, 2.75) is 19.9 Å². The number of nitrogens with one attached hydrogen (secondary N) is 1. The number of thiazole rings is 1. The number of aryl methyl sites for hydroxylation is 1. The highest BCUT2D eigenvalue weighted by atomic mass is 32.1. The third-order valence-electron chi connectivity index (χ3n) is 4.95. The number of hydrogen-bond donors (Lipinski definition) is 1. The second-order valence-corrected chi connectivity index (χ2v) is 8.13. The van der Waals surface area contributed by atoms with Crippen molar-refractivity contribution in [2.24, 2.45) is 0 Å². The molecule has 1 amide bonds. The summed E-state index contributed by atoms with van der Waals surface area (Å²) in [6.45, 7) is 3.85. The fourth-order valence-corrected chi connectivity index (χ4v) is 4.05. The zero-order valence-corrected chi connectivity index (χ0v) is 18.0. The minimum absolute atomic E-state index is 0.173. The predicted octanol–water partition coefficient (Wildman–Crippen LogP) is 5.24. The molecule has 1 atom stereocenters. The summed E-state index contributed by atoms with van der Waals surface area (Å²) in [6.07, 6.45) is 3.45. The second-order valence-electron chi connectivity index (χ2n) is 7.24. The number of hydrogen-bond acceptors (Lipinski definition) is 5. The van der Waals surface area contributed by atoms with Gasteiger partial charge in [0.05, 0.1) is 17.3 Å². The van der Waals surface area contributed by atoms with Crippen LogP contribution in [0, 0.1) is 6.92 Å². The van der Waals surface area contributed by atoms with Gasteiger partial charge < -0.3 is 5.32 Å². The average molecular weight is 428 g/mol. The summed E-state index contributed by atoms with van der Waals surface area (Å²) in [7, 11) is 0. The van der Waals surface area contributed by atoms with Crippen LogP contribution < -0.4 is 5.32 Å². The van der Waals surface area contributed by atoms with Gasteiger partial charge in [0.25, 0.3) is 5.91 Å². The van der Waals surface area contributed by atoms with Crippen LogP contribution in [0.15, 0.2) is 78.4 Å². The molecular weight excluding hydrogens is 406 g/mol. The molecule has 0 spiro atoms. The highest BCUT2D eigenvalue weighted by molar-refractivity contribution is 7.10. The van der Waals surface area contributed by atoms with E-state index in [2.05, 4.69) is 15.3 Å². The smallest absolute Gasteiger partial charge is 0.252 e. The van der Waals surface area contributed by atoms with Crippen LogP contribution in [0.1, 0.15) is 49.8 Å².